The van der Waals surface area contributed by atoms with Gasteiger partial charge >= 0.3 is 0 Å². The van der Waals surface area contributed by atoms with Crippen LogP contribution >= 0.6 is 11.6 Å². The number of hydrogen-bond acceptors (Lipinski definition) is 3. The highest BCUT2D eigenvalue weighted by Gasteiger charge is 2.27. The molecular weight excluding hydrogens is 236 g/mol. The highest BCUT2D eigenvalue weighted by Crippen LogP contribution is 2.30. The van der Waals surface area contributed by atoms with Gasteiger partial charge in [0.1, 0.15) is 0 Å². The fourth-order valence-corrected chi connectivity index (χ4v) is 2.19. The van der Waals surface area contributed by atoms with Crippen molar-refractivity contribution in [3.8, 4) is 6.07 Å². The number of nitriles is 1. The van der Waals surface area contributed by atoms with E-state index in [9.17, 15) is 0 Å². The van der Waals surface area contributed by atoms with Crippen LogP contribution in [0.1, 0.15) is 25.3 Å². The molecule has 1 N–H and O–H groups in total. The van der Waals surface area contributed by atoms with E-state index in [1.165, 1.54) is 0 Å². The molecule has 0 atom stereocenters. The fourth-order valence-electron chi connectivity index (χ4n) is 1.96. The first-order chi connectivity index (χ1) is 8.13. The molecule has 1 aromatic carbocycles. The summed E-state index contributed by atoms with van der Waals surface area (Å²) in [6.07, 6.45) is 1.92. The van der Waals surface area contributed by atoms with Crippen LogP contribution in [-0.2, 0) is 4.74 Å². The number of halogens is 1. The molecule has 0 unspecified atom stereocenters. The van der Waals surface area contributed by atoms with Crippen LogP contribution in [0.2, 0.25) is 5.02 Å². The summed E-state index contributed by atoms with van der Waals surface area (Å²) in [5.74, 6) is 0. The molecule has 17 heavy (non-hydrogen) atoms. The molecule has 0 spiro atoms. The first-order valence-corrected chi connectivity index (χ1v) is 6.06. The van der Waals surface area contributed by atoms with E-state index in [1.807, 2.05) is 6.07 Å². The molecule has 1 aliphatic heterocycles. The maximum Gasteiger partial charge on any atom is 0.0992 e. The van der Waals surface area contributed by atoms with Gasteiger partial charge in [-0.15, -0.1) is 0 Å². The Labute approximate surface area is 106 Å². The quantitative estimate of drug-likeness (QED) is 0.877. The molecule has 0 saturated carbocycles. The normalized spacial score (nSPS) is 18.4. The van der Waals surface area contributed by atoms with Gasteiger partial charge in [-0.05, 0) is 38.0 Å². The third kappa shape index (κ3) is 2.91. The third-order valence-corrected chi connectivity index (χ3v) is 3.44. The van der Waals surface area contributed by atoms with Crippen molar-refractivity contribution in [3.63, 3.8) is 0 Å². The van der Waals surface area contributed by atoms with Gasteiger partial charge in [-0.3, -0.25) is 0 Å². The summed E-state index contributed by atoms with van der Waals surface area (Å²) in [4.78, 5) is 0. The molecule has 4 heteroatoms. The van der Waals surface area contributed by atoms with Crippen LogP contribution in [0.5, 0.6) is 0 Å². The molecule has 0 bridgehead atoms. The smallest absolute Gasteiger partial charge is 0.0992 e. The van der Waals surface area contributed by atoms with Gasteiger partial charge in [-0.25, -0.2) is 0 Å². The fraction of sp³-hybridized carbons (Fsp3) is 0.462. The van der Waals surface area contributed by atoms with Crippen molar-refractivity contribution in [1.29, 1.82) is 5.26 Å². The summed E-state index contributed by atoms with van der Waals surface area (Å²) < 4.78 is 5.35. The lowest BCUT2D eigenvalue weighted by atomic mass is 9.92. The SMILES string of the molecule is CC1(Nc2ccc(C#N)cc2Cl)CCOCC1. The van der Waals surface area contributed by atoms with Crippen LogP contribution in [0.3, 0.4) is 0 Å². The van der Waals surface area contributed by atoms with Crippen LogP contribution in [0.15, 0.2) is 18.2 Å². The van der Waals surface area contributed by atoms with Crippen LogP contribution in [-0.4, -0.2) is 18.8 Å². The van der Waals surface area contributed by atoms with E-state index < -0.39 is 0 Å². The predicted molar refractivity (Wildman–Crippen MR) is 68.2 cm³/mol. The molecule has 0 aromatic heterocycles. The lowest BCUT2D eigenvalue weighted by Crippen LogP contribution is -2.40. The number of benzene rings is 1. The van der Waals surface area contributed by atoms with Gasteiger partial charge in [0.25, 0.3) is 0 Å². The van der Waals surface area contributed by atoms with Crippen molar-refractivity contribution in [2.24, 2.45) is 0 Å². The number of hydrogen-bond donors (Lipinski definition) is 1. The molecule has 1 aromatic rings. The Bertz CT molecular complexity index is 447. The minimum atomic E-state index is 0.0239. The predicted octanol–water partition coefficient (Wildman–Crippen LogP) is 3.19. The van der Waals surface area contributed by atoms with Gasteiger partial charge in [0, 0.05) is 18.8 Å². The van der Waals surface area contributed by atoms with Gasteiger partial charge < -0.3 is 10.1 Å². The summed E-state index contributed by atoms with van der Waals surface area (Å²) >= 11 is 6.14. The van der Waals surface area contributed by atoms with Gasteiger partial charge in [0.15, 0.2) is 0 Å². The zero-order valence-electron chi connectivity index (χ0n) is 9.79. The van der Waals surface area contributed by atoms with E-state index >= 15 is 0 Å². The highest BCUT2D eigenvalue weighted by atomic mass is 35.5. The minimum Gasteiger partial charge on any atom is -0.381 e. The highest BCUT2D eigenvalue weighted by molar-refractivity contribution is 6.33. The lowest BCUT2D eigenvalue weighted by molar-refractivity contribution is 0.0658. The Kier molecular flexibility index (Phi) is 3.56. The third-order valence-electron chi connectivity index (χ3n) is 3.13. The zero-order valence-corrected chi connectivity index (χ0v) is 10.5. The van der Waals surface area contributed by atoms with E-state index in [0.29, 0.717) is 10.6 Å². The standard InChI is InChI=1S/C13H15ClN2O/c1-13(4-6-17-7-5-13)16-12-3-2-10(9-15)8-11(12)14/h2-3,8,16H,4-7H2,1H3. The maximum atomic E-state index is 8.78. The monoisotopic (exact) mass is 250 g/mol. The van der Waals surface area contributed by atoms with E-state index in [0.717, 1.165) is 31.7 Å². The number of nitrogens with one attached hydrogen (secondary N) is 1. The molecule has 1 fully saturated rings. The molecule has 1 aliphatic rings. The number of rotatable bonds is 2. The first-order valence-electron chi connectivity index (χ1n) is 5.69. The number of nitrogens with zero attached hydrogens (tertiary/aromatic N) is 1. The van der Waals surface area contributed by atoms with Gasteiger partial charge in [0.05, 0.1) is 22.3 Å². The maximum absolute atomic E-state index is 8.78. The van der Waals surface area contributed by atoms with Crippen LogP contribution < -0.4 is 5.32 Å². The average molecular weight is 251 g/mol. The van der Waals surface area contributed by atoms with Gasteiger partial charge in [-0.1, -0.05) is 11.6 Å². The Morgan fingerprint density at radius 2 is 2.12 bits per heavy atom. The largest absolute Gasteiger partial charge is 0.381 e. The van der Waals surface area contributed by atoms with Crippen molar-refractivity contribution in [2.45, 2.75) is 25.3 Å². The van der Waals surface area contributed by atoms with Crippen LogP contribution in [0, 0.1) is 11.3 Å². The molecule has 0 amide bonds. The molecule has 90 valence electrons. The van der Waals surface area contributed by atoms with Crippen LogP contribution in [0.25, 0.3) is 0 Å². The Morgan fingerprint density at radius 1 is 1.41 bits per heavy atom. The van der Waals surface area contributed by atoms with E-state index in [-0.39, 0.29) is 5.54 Å². The van der Waals surface area contributed by atoms with Crippen molar-refractivity contribution < 1.29 is 4.74 Å². The first kappa shape index (κ1) is 12.2. The van der Waals surface area contributed by atoms with Crippen molar-refractivity contribution in [1.82, 2.24) is 0 Å². The Balaban J connectivity index is 2.15. The average Bonchev–Trinajstić information content (AvgIpc) is 2.32. The minimum absolute atomic E-state index is 0.0239. The molecule has 1 heterocycles. The number of ether oxygens (including phenoxy) is 1. The summed E-state index contributed by atoms with van der Waals surface area (Å²) in [5.41, 5.74) is 1.49. The molecule has 1 saturated heterocycles. The molecule has 3 nitrogen and oxygen atoms in total. The molecule has 0 aliphatic carbocycles. The van der Waals surface area contributed by atoms with E-state index in [2.05, 4.69) is 18.3 Å². The summed E-state index contributed by atoms with van der Waals surface area (Å²) in [6.45, 7) is 3.72. The van der Waals surface area contributed by atoms with E-state index in [4.69, 9.17) is 21.6 Å². The van der Waals surface area contributed by atoms with Gasteiger partial charge in [0.2, 0.25) is 0 Å². The topological polar surface area (TPSA) is 45.0 Å². The van der Waals surface area contributed by atoms with Crippen molar-refractivity contribution in [2.75, 3.05) is 18.5 Å². The zero-order chi connectivity index (χ0) is 12.3. The Hall–Kier alpha value is -1.24. The molecule has 2 rings (SSSR count). The van der Waals surface area contributed by atoms with Gasteiger partial charge in [-0.2, -0.15) is 5.26 Å². The van der Waals surface area contributed by atoms with Crippen molar-refractivity contribution >= 4 is 17.3 Å². The second-order valence-electron chi connectivity index (χ2n) is 4.60. The van der Waals surface area contributed by atoms with Crippen LogP contribution in [0.4, 0.5) is 5.69 Å². The van der Waals surface area contributed by atoms with Crippen molar-refractivity contribution in [3.05, 3.63) is 28.8 Å². The summed E-state index contributed by atoms with van der Waals surface area (Å²) in [5, 5.41) is 12.8. The second kappa shape index (κ2) is 4.95. The Morgan fingerprint density at radius 3 is 2.71 bits per heavy atom. The summed E-state index contributed by atoms with van der Waals surface area (Å²) in [7, 11) is 0. The summed E-state index contributed by atoms with van der Waals surface area (Å²) in [6, 6.07) is 7.40. The second-order valence-corrected chi connectivity index (χ2v) is 5.01. The molecular formula is C13H15ClN2O. The van der Waals surface area contributed by atoms with E-state index in [1.54, 1.807) is 12.1 Å². The number of anilines is 1. The molecule has 0 radical (unpaired) electrons. The lowest BCUT2D eigenvalue weighted by Gasteiger charge is -2.35.